The number of piperidine rings is 1. The van der Waals surface area contributed by atoms with Crippen molar-refractivity contribution in [1.82, 2.24) is 14.7 Å². The van der Waals surface area contributed by atoms with Gasteiger partial charge in [-0.05, 0) is 51.2 Å². The molecule has 1 aliphatic rings. The number of rotatable bonds is 6. The minimum absolute atomic E-state index is 0.122. The normalized spacial score (nSPS) is 16.7. The van der Waals surface area contributed by atoms with Gasteiger partial charge in [0, 0.05) is 17.6 Å². The van der Waals surface area contributed by atoms with Crippen LogP contribution in [-0.2, 0) is 16.1 Å². The molecule has 0 saturated carbocycles. The van der Waals surface area contributed by atoms with Crippen molar-refractivity contribution in [2.45, 2.75) is 59.0 Å². The average Bonchev–Trinajstić information content (AvgIpc) is 3.00. The van der Waals surface area contributed by atoms with Crippen molar-refractivity contribution in [3.05, 3.63) is 51.8 Å². The van der Waals surface area contributed by atoms with E-state index in [-0.39, 0.29) is 18.6 Å². The maximum atomic E-state index is 12.7. The Morgan fingerprint density at radius 1 is 1.24 bits per heavy atom. The van der Waals surface area contributed by atoms with E-state index in [1.807, 2.05) is 36.1 Å². The molecule has 0 spiro atoms. The van der Waals surface area contributed by atoms with Gasteiger partial charge in [0.1, 0.15) is 5.56 Å². The monoisotopic (exact) mass is 417 g/mol. The number of benzene rings is 1. The molecule has 1 aromatic heterocycles. The van der Waals surface area contributed by atoms with Crippen LogP contribution in [0.1, 0.15) is 59.9 Å². The predicted octanol–water partition coefficient (Wildman–Crippen LogP) is 4.15. The molecule has 3 rings (SSSR count). The number of likely N-dealkylation sites (tertiary alicyclic amines) is 1. The fourth-order valence-electron chi connectivity index (χ4n) is 3.97. The minimum atomic E-state index is -0.510. The number of esters is 1. The maximum absolute atomic E-state index is 12.7. The number of amides is 1. The average molecular weight is 418 g/mol. The molecule has 0 bridgehead atoms. The molecule has 2 aromatic rings. The Bertz CT molecular complexity index is 893. The Morgan fingerprint density at radius 2 is 2.00 bits per heavy atom. The van der Waals surface area contributed by atoms with Crippen molar-refractivity contribution in [1.29, 1.82) is 0 Å². The Balaban J connectivity index is 1.67. The zero-order valence-corrected chi connectivity index (χ0v) is 18.0. The molecule has 1 fully saturated rings. The summed E-state index contributed by atoms with van der Waals surface area (Å²) in [6.45, 7) is 6.65. The van der Waals surface area contributed by atoms with Gasteiger partial charge < -0.3 is 9.64 Å². The summed E-state index contributed by atoms with van der Waals surface area (Å²) in [6, 6.07) is 7.79. The largest absolute Gasteiger partial charge is 0.452 e. The first-order valence-electron chi connectivity index (χ1n) is 10.2. The molecule has 7 heteroatoms. The van der Waals surface area contributed by atoms with Crippen LogP contribution in [-0.4, -0.2) is 45.8 Å². The number of carbonyl (C=O) groups excluding carboxylic acids is 2. The predicted molar refractivity (Wildman–Crippen MR) is 112 cm³/mol. The van der Waals surface area contributed by atoms with Crippen LogP contribution in [0.25, 0.3) is 0 Å². The molecule has 6 nitrogen and oxygen atoms in total. The van der Waals surface area contributed by atoms with Crippen molar-refractivity contribution in [3.63, 3.8) is 0 Å². The van der Waals surface area contributed by atoms with E-state index in [9.17, 15) is 9.59 Å². The van der Waals surface area contributed by atoms with Gasteiger partial charge in [0.25, 0.3) is 5.91 Å². The molecule has 0 N–H and O–H groups in total. The van der Waals surface area contributed by atoms with E-state index < -0.39 is 5.97 Å². The quantitative estimate of drug-likeness (QED) is 0.662. The third-order valence-electron chi connectivity index (χ3n) is 5.61. The standard InChI is InChI=1S/C22H28ClN3O3/c1-4-18-10-7-8-12-25(18)20(27)14-29-22(28)21-15(2)24-26(16(21)3)13-17-9-5-6-11-19(17)23/h5-6,9,11,18H,4,7-8,10,12-14H2,1-3H3/t18-/m1/s1. The Labute approximate surface area is 176 Å². The van der Waals surface area contributed by atoms with Crippen LogP contribution in [0, 0.1) is 13.8 Å². The van der Waals surface area contributed by atoms with E-state index in [1.54, 1.807) is 11.6 Å². The maximum Gasteiger partial charge on any atom is 0.342 e. The molecule has 1 amide bonds. The molecule has 2 heterocycles. The highest BCUT2D eigenvalue weighted by atomic mass is 35.5. The first kappa shape index (κ1) is 21.4. The van der Waals surface area contributed by atoms with Crippen molar-refractivity contribution >= 4 is 23.5 Å². The van der Waals surface area contributed by atoms with E-state index in [0.29, 0.717) is 28.5 Å². The molecule has 1 atom stereocenters. The molecule has 1 aromatic carbocycles. The fraction of sp³-hybridized carbons (Fsp3) is 0.500. The van der Waals surface area contributed by atoms with Crippen LogP contribution in [0.15, 0.2) is 24.3 Å². The summed E-state index contributed by atoms with van der Waals surface area (Å²) in [5.74, 6) is -0.632. The van der Waals surface area contributed by atoms with E-state index in [2.05, 4.69) is 12.0 Å². The molecule has 0 radical (unpaired) electrons. The van der Waals surface area contributed by atoms with Gasteiger partial charge in [-0.25, -0.2) is 4.79 Å². The number of nitrogens with zero attached hydrogens (tertiary/aromatic N) is 3. The number of ether oxygens (including phenoxy) is 1. The molecule has 0 aliphatic carbocycles. The van der Waals surface area contributed by atoms with Crippen LogP contribution in [0.5, 0.6) is 0 Å². The van der Waals surface area contributed by atoms with Gasteiger partial charge in [-0.1, -0.05) is 36.7 Å². The second-order valence-corrected chi connectivity index (χ2v) is 7.92. The lowest BCUT2D eigenvalue weighted by molar-refractivity contribution is -0.138. The van der Waals surface area contributed by atoms with Crippen molar-refractivity contribution in [2.24, 2.45) is 0 Å². The van der Waals surface area contributed by atoms with E-state index >= 15 is 0 Å². The molecular formula is C22H28ClN3O3. The summed E-state index contributed by atoms with van der Waals surface area (Å²) in [5.41, 5.74) is 2.61. The van der Waals surface area contributed by atoms with E-state index in [1.165, 1.54) is 0 Å². The number of hydrogen-bond donors (Lipinski definition) is 0. The third kappa shape index (κ3) is 4.81. The smallest absolute Gasteiger partial charge is 0.342 e. The van der Waals surface area contributed by atoms with Gasteiger partial charge in [0.15, 0.2) is 6.61 Å². The second-order valence-electron chi connectivity index (χ2n) is 7.52. The van der Waals surface area contributed by atoms with Crippen LogP contribution < -0.4 is 0 Å². The molecule has 0 unspecified atom stereocenters. The SMILES string of the molecule is CC[C@@H]1CCCCN1C(=O)COC(=O)c1c(C)nn(Cc2ccccc2Cl)c1C. The van der Waals surface area contributed by atoms with Crippen LogP contribution in [0.4, 0.5) is 0 Å². The highest BCUT2D eigenvalue weighted by molar-refractivity contribution is 6.31. The lowest BCUT2D eigenvalue weighted by Gasteiger charge is -2.35. The highest BCUT2D eigenvalue weighted by Crippen LogP contribution is 2.21. The van der Waals surface area contributed by atoms with Crippen LogP contribution >= 0.6 is 11.6 Å². The Kier molecular flexibility index (Phi) is 6.96. The van der Waals surface area contributed by atoms with Crippen molar-refractivity contribution in [3.8, 4) is 0 Å². The fourth-order valence-corrected chi connectivity index (χ4v) is 4.17. The van der Waals surface area contributed by atoms with Crippen LogP contribution in [0.3, 0.4) is 0 Å². The summed E-state index contributed by atoms with van der Waals surface area (Å²) in [5, 5.41) is 5.13. The van der Waals surface area contributed by atoms with Crippen molar-refractivity contribution in [2.75, 3.05) is 13.2 Å². The summed E-state index contributed by atoms with van der Waals surface area (Å²) >= 11 is 6.24. The minimum Gasteiger partial charge on any atom is -0.452 e. The zero-order valence-electron chi connectivity index (χ0n) is 17.3. The molecule has 156 valence electrons. The topological polar surface area (TPSA) is 64.4 Å². The number of aromatic nitrogens is 2. The first-order chi connectivity index (χ1) is 13.9. The van der Waals surface area contributed by atoms with E-state index in [4.69, 9.17) is 16.3 Å². The molecule has 1 saturated heterocycles. The zero-order chi connectivity index (χ0) is 21.0. The van der Waals surface area contributed by atoms with Gasteiger partial charge in [0.2, 0.25) is 0 Å². The van der Waals surface area contributed by atoms with Gasteiger partial charge in [-0.2, -0.15) is 5.10 Å². The number of halogens is 1. The van der Waals surface area contributed by atoms with Crippen molar-refractivity contribution < 1.29 is 14.3 Å². The van der Waals surface area contributed by atoms with E-state index in [0.717, 1.165) is 37.8 Å². The number of aryl methyl sites for hydroxylation is 1. The Morgan fingerprint density at radius 3 is 2.72 bits per heavy atom. The summed E-state index contributed by atoms with van der Waals surface area (Å²) in [4.78, 5) is 27.1. The summed E-state index contributed by atoms with van der Waals surface area (Å²) in [6.07, 6.45) is 4.09. The van der Waals surface area contributed by atoms with Crippen LogP contribution in [0.2, 0.25) is 5.02 Å². The number of carbonyl (C=O) groups is 2. The molecule has 29 heavy (non-hydrogen) atoms. The van der Waals surface area contributed by atoms with Gasteiger partial charge in [0.05, 0.1) is 17.9 Å². The molecule has 1 aliphatic heterocycles. The second kappa shape index (κ2) is 9.44. The van der Waals surface area contributed by atoms with Gasteiger partial charge in [-0.15, -0.1) is 0 Å². The van der Waals surface area contributed by atoms with Gasteiger partial charge in [-0.3, -0.25) is 9.48 Å². The lowest BCUT2D eigenvalue weighted by atomic mass is 10.00. The lowest BCUT2D eigenvalue weighted by Crippen LogP contribution is -2.45. The molecular weight excluding hydrogens is 390 g/mol. The third-order valence-corrected chi connectivity index (χ3v) is 5.98. The number of hydrogen-bond acceptors (Lipinski definition) is 4. The van der Waals surface area contributed by atoms with Gasteiger partial charge >= 0.3 is 5.97 Å². The Hall–Kier alpha value is -2.34. The summed E-state index contributed by atoms with van der Waals surface area (Å²) in [7, 11) is 0. The summed E-state index contributed by atoms with van der Waals surface area (Å²) < 4.78 is 7.12. The first-order valence-corrected chi connectivity index (χ1v) is 10.5. The highest BCUT2D eigenvalue weighted by Gasteiger charge is 2.27.